The average molecular weight is 260 g/mol. The maximum absolute atomic E-state index is 3.69. The summed E-state index contributed by atoms with van der Waals surface area (Å²) in [4.78, 5) is 2.65. The minimum absolute atomic E-state index is 0.592. The van der Waals surface area contributed by atoms with Gasteiger partial charge in [-0.05, 0) is 38.3 Å². The minimum Gasteiger partial charge on any atom is -0.311 e. The monoisotopic (exact) mass is 260 g/mol. The lowest BCUT2D eigenvalue weighted by Gasteiger charge is -2.38. The smallest absolute Gasteiger partial charge is 0.0197 e. The number of nitrogens with zero attached hydrogens (tertiary/aromatic N) is 1. The Balaban J connectivity index is 1.86. The molecular formula is C17H28N2. The van der Waals surface area contributed by atoms with Gasteiger partial charge in [0, 0.05) is 24.7 Å². The summed E-state index contributed by atoms with van der Waals surface area (Å²) >= 11 is 0. The molecule has 1 aliphatic rings. The molecule has 0 saturated carbocycles. The summed E-state index contributed by atoms with van der Waals surface area (Å²) < 4.78 is 0. The Hall–Kier alpha value is -0.860. The SMILES string of the molecule is CC(C)NC1CCCN(C(C)Cc2ccccc2)C1. The van der Waals surface area contributed by atoms with E-state index in [9.17, 15) is 0 Å². The fourth-order valence-corrected chi connectivity index (χ4v) is 3.10. The molecule has 0 aromatic heterocycles. The van der Waals surface area contributed by atoms with Crippen LogP contribution in [0.3, 0.4) is 0 Å². The first-order valence-corrected chi connectivity index (χ1v) is 7.69. The second kappa shape index (κ2) is 7.06. The number of hydrogen-bond donors (Lipinski definition) is 1. The molecule has 2 heteroatoms. The van der Waals surface area contributed by atoms with Gasteiger partial charge < -0.3 is 5.32 Å². The zero-order valence-corrected chi connectivity index (χ0v) is 12.6. The third-order valence-corrected chi connectivity index (χ3v) is 4.02. The van der Waals surface area contributed by atoms with Crippen LogP contribution in [0.4, 0.5) is 0 Å². The van der Waals surface area contributed by atoms with Crippen molar-refractivity contribution in [3.05, 3.63) is 35.9 Å². The number of likely N-dealkylation sites (tertiary alicyclic amines) is 1. The van der Waals surface area contributed by atoms with E-state index >= 15 is 0 Å². The van der Waals surface area contributed by atoms with Gasteiger partial charge in [-0.15, -0.1) is 0 Å². The molecule has 1 fully saturated rings. The largest absolute Gasteiger partial charge is 0.311 e. The Morgan fingerprint density at radius 1 is 1.21 bits per heavy atom. The van der Waals surface area contributed by atoms with Crippen molar-refractivity contribution in [2.24, 2.45) is 0 Å². The molecule has 2 rings (SSSR count). The summed E-state index contributed by atoms with van der Waals surface area (Å²) in [6, 6.07) is 12.8. The van der Waals surface area contributed by atoms with E-state index < -0.39 is 0 Å². The first-order chi connectivity index (χ1) is 9.15. The third-order valence-electron chi connectivity index (χ3n) is 4.02. The van der Waals surface area contributed by atoms with Crippen molar-refractivity contribution in [1.82, 2.24) is 10.2 Å². The van der Waals surface area contributed by atoms with Crippen LogP contribution in [0.5, 0.6) is 0 Å². The van der Waals surface area contributed by atoms with Crippen molar-refractivity contribution in [3.8, 4) is 0 Å². The Kier molecular flexibility index (Phi) is 5.41. The molecule has 19 heavy (non-hydrogen) atoms. The van der Waals surface area contributed by atoms with Crippen LogP contribution < -0.4 is 5.32 Å². The number of benzene rings is 1. The van der Waals surface area contributed by atoms with Crippen molar-refractivity contribution in [2.45, 2.75) is 58.2 Å². The van der Waals surface area contributed by atoms with Gasteiger partial charge >= 0.3 is 0 Å². The van der Waals surface area contributed by atoms with Crippen molar-refractivity contribution >= 4 is 0 Å². The molecule has 106 valence electrons. The van der Waals surface area contributed by atoms with E-state index in [1.165, 1.54) is 31.5 Å². The highest BCUT2D eigenvalue weighted by Gasteiger charge is 2.23. The Morgan fingerprint density at radius 2 is 1.95 bits per heavy atom. The quantitative estimate of drug-likeness (QED) is 0.875. The lowest BCUT2D eigenvalue weighted by molar-refractivity contribution is 0.141. The van der Waals surface area contributed by atoms with Crippen molar-refractivity contribution in [1.29, 1.82) is 0 Å². The Bertz CT molecular complexity index is 361. The molecule has 0 aliphatic carbocycles. The van der Waals surface area contributed by atoms with Crippen LogP contribution >= 0.6 is 0 Å². The highest BCUT2D eigenvalue weighted by atomic mass is 15.2. The summed E-state index contributed by atoms with van der Waals surface area (Å²) in [7, 11) is 0. The molecule has 1 aliphatic heterocycles. The van der Waals surface area contributed by atoms with Gasteiger partial charge in [0.1, 0.15) is 0 Å². The molecule has 2 atom stereocenters. The zero-order valence-electron chi connectivity index (χ0n) is 12.6. The highest BCUT2D eigenvalue weighted by Crippen LogP contribution is 2.16. The van der Waals surface area contributed by atoms with E-state index in [4.69, 9.17) is 0 Å². The third kappa shape index (κ3) is 4.63. The predicted molar refractivity (Wildman–Crippen MR) is 82.5 cm³/mol. The van der Waals surface area contributed by atoms with Crippen LogP contribution in [-0.2, 0) is 6.42 Å². The topological polar surface area (TPSA) is 15.3 Å². The normalized spacial score (nSPS) is 22.6. The number of hydrogen-bond acceptors (Lipinski definition) is 2. The molecule has 1 aromatic rings. The molecule has 1 aromatic carbocycles. The van der Waals surface area contributed by atoms with Gasteiger partial charge in [-0.1, -0.05) is 44.2 Å². The van der Waals surface area contributed by atoms with Gasteiger partial charge in [0.05, 0.1) is 0 Å². The summed E-state index contributed by atoms with van der Waals surface area (Å²) in [5.41, 5.74) is 1.45. The molecule has 1 heterocycles. The standard InChI is InChI=1S/C17H28N2/c1-14(2)18-17-10-7-11-19(13-17)15(3)12-16-8-5-4-6-9-16/h4-6,8-9,14-15,17-18H,7,10-13H2,1-3H3. The summed E-state index contributed by atoms with van der Waals surface area (Å²) in [5, 5.41) is 3.69. The maximum Gasteiger partial charge on any atom is 0.0197 e. The molecule has 2 unspecified atom stereocenters. The fraction of sp³-hybridized carbons (Fsp3) is 0.647. The minimum atomic E-state index is 0.592. The number of piperidine rings is 1. The first-order valence-electron chi connectivity index (χ1n) is 7.69. The Morgan fingerprint density at radius 3 is 2.63 bits per heavy atom. The second-order valence-electron chi connectivity index (χ2n) is 6.19. The van der Waals surface area contributed by atoms with Crippen LogP contribution in [0.1, 0.15) is 39.2 Å². The van der Waals surface area contributed by atoms with Gasteiger partial charge in [-0.25, -0.2) is 0 Å². The van der Waals surface area contributed by atoms with Crippen molar-refractivity contribution in [2.75, 3.05) is 13.1 Å². The maximum atomic E-state index is 3.69. The fourth-order valence-electron chi connectivity index (χ4n) is 3.10. The Labute approximate surface area is 118 Å². The van der Waals surface area contributed by atoms with Crippen molar-refractivity contribution < 1.29 is 0 Å². The zero-order chi connectivity index (χ0) is 13.7. The average Bonchev–Trinajstić information content (AvgIpc) is 2.39. The van der Waals surface area contributed by atoms with Gasteiger partial charge in [-0.3, -0.25) is 4.90 Å². The van der Waals surface area contributed by atoms with Gasteiger partial charge in [-0.2, -0.15) is 0 Å². The lowest BCUT2D eigenvalue weighted by atomic mass is 10.00. The van der Waals surface area contributed by atoms with Gasteiger partial charge in [0.2, 0.25) is 0 Å². The van der Waals surface area contributed by atoms with Crippen LogP contribution in [0.2, 0.25) is 0 Å². The van der Waals surface area contributed by atoms with E-state index in [0.29, 0.717) is 18.1 Å². The van der Waals surface area contributed by atoms with E-state index in [1.54, 1.807) is 0 Å². The summed E-state index contributed by atoms with van der Waals surface area (Å²) in [6.45, 7) is 9.31. The van der Waals surface area contributed by atoms with Crippen molar-refractivity contribution in [3.63, 3.8) is 0 Å². The second-order valence-corrected chi connectivity index (χ2v) is 6.19. The predicted octanol–water partition coefficient (Wildman–Crippen LogP) is 3.08. The van der Waals surface area contributed by atoms with E-state index in [0.717, 1.165) is 6.42 Å². The van der Waals surface area contributed by atoms with Crippen LogP contribution in [0.25, 0.3) is 0 Å². The van der Waals surface area contributed by atoms with Crippen LogP contribution in [0, 0.1) is 0 Å². The van der Waals surface area contributed by atoms with Crippen LogP contribution in [0.15, 0.2) is 30.3 Å². The van der Waals surface area contributed by atoms with Gasteiger partial charge in [0.15, 0.2) is 0 Å². The molecule has 1 N–H and O–H groups in total. The summed E-state index contributed by atoms with van der Waals surface area (Å²) in [5.74, 6) is 0. The highest BCUT2D eigenvalue weighted by molar-refractivity contribution is 5.15. The summed E-state index contributed by atoms with van der Waals surface area (Å²) in [6.07, 6.45) is 3.81. The number of rotatable bonds is 5. The first kappa shape index (κ1) is 14.5. The number of nitrogens with one attached hydrogen (secondary N) is 1. The molecule has 2 nitrogen and oxygen atoms in total. The van der Waals surface area contributed by atoms with Crippen LogP contribution in [-0.4, -0.2) is 36.1 Å². The lowest BCUT2D eigenvalue weighted by Crippen LogP contribution is -2.50. The van der Waals surface area contributed by atoms with E-state index in [2.05, 4.69) is 61.3 Å². The molecule has 0 spiro atoms. The molecule has 0 radical (unpaired) electrons. The molecular weight excluding hydrogens is 232 g/mol. The molecule has 0 amide bonds. The van der Waals surface area contributed by atoms with E-state index in [-0.39, 0.29) is 0 Å². The molecule has 1 saturated heterocycles. The van der Waals surface area contributed by atoms with E-state index in [1.807, 2.05) is 0 Å². The van der Waals surface area contributed by atoms with Gasteiger partial charge in [0.25, 0.3) is 0 Å². The molecule has 0 bridgehead atoms.